The zero-order chi connectivity index (χ0) is 22.8. The van der Waals surface area contributed by atoms with E-state index in [0.717, 1.165) is 12.1 Å². The zero-order valence-electron chi connectivity index (χ0n) is 16.1. The predicted molar refractivity (Wildman–Crippen MR) is 110 cm³/mol. The van der Waals surface area contributed by atoms with E-state index in [2.05, 4.69) is 9.97 Å². The van der Waals surface area contributed by atoms with E-state index in [9.17, 15) is 31.9 Å². The molecule has 3 aromatic rings. The number of nitrogens with zero attached hydrogens (tertiary/aromatic N) is 1. The first-order valence-corrected chi connectivity index (χ1v) is 10.7. The number of carbonyl (C=O) groups is 2. The number of nitrogens with one attached hydrogen (secondary N) is 2. The Labute approximate surface area is 175 Å². The Bertz CT molecular complexity index is 1320. The van der Waals surface area contributed by atoms with E-state index in [-0.39, 0.29) is 17.7 Å². The molecule has 0 saturated carbocycles. The summed E-state index contributed by atoms with van der Waals surface area (Å²) in [6.45, 7) is 1.60. The molecule has 0 unspecified atom stereocenters. The molecular weight excluding hydrogens is 432 g/mol. The first kappa shape index (κ1) is 22.1. The molecule has 0 aliphatic carbocycles. The molecule has 1 aromatic carbocycles. The molecule has 31 heavy (non-hydrogen) atoms. The number of carboxylic acid groups (broad SMARTS) is 1. The topological polar surface area (TPSA) is 129 Å². The number of pyridine rings is 1. The van der Waals surface area contributed by atoms with Crippen LogP contribution in [0.15, 0.2) is 42.7 Å². The first-order chi connectivity index (χ1) is 14.6. The third kappa shape index (κ3) is 4.77. The average Bonchev–Trinajstić information content (AvgIpc) is 3.16. The maximum Gasteiger partial charge on any atom is 0.329 e. The second-order valence-corrected chi connectivity index (χ2v) is 8.41. The molecule has 0 spiro atoms. The molecule has 0 amide bonds. The van der Waals surface area contributed by atoms with Crippen LogP contribution in [0, 0.1) is 11.6 Å². The number of H-pyrrole nitrogens is 1. The van der Waals surface area contributed by atoms with Gasteiger partial charge < -0.3 is 10.1 Å². The number of benzene rings is 1. The van der Waals surface area contributed by atoms with Crippen LogP contribution >= 0.6 is 0 Å². The van der Waals surface area contributed by atoms with Gasteiger partial charge in [-0.2, -0.15) is 0 Å². The number of anilines is 1. The Morgan fingerprint density at radius 1 is 1.26 bits per heavy atom. The molecule has 3 N–H and O–H groups in total. The van der Waals surface area contributed by atoms with E-state index >= 15 is 0 Å². The number of sulfonamides is 1. The number of fused-ring (bicyclic) bond motifs is 1. The summed E-state index contributed by atoms with van der Waals surface area (Å²) in [5, 5.41) is 9.73. The number of allylic oxidation sites excluding steroid dienone is 1. The average molecular weight is 449 g/mol. The molecule has 11 heteroatoms. The Morgan fingerprint density at radius 3 is 2.68 bits per heavy atom. The first-order valence-electron chi connectivity index (χ1n) is 9.04. The molecule has 8 nitrogen and oxygen atoms in total. The fourth-order valence-electron chi connectivity index (χ4n) is 2.95. The lowest BCUT2D eigenvalue weighted by Gasteiger charge is -2.13. The molecule has 0 fully saturated rings. The fourth-order valence-corrected chi connectivity index (χ4v) is 4.08. The predicted octanol–water partition coefficient (Wildman–Crippen LogP) is 3.34. The Hall–Kier alpha value is -3.60. The van der Waals surface area contributed by atoms with Crippen LogP contribution in [0.1, 0.15) is 29.3 Å². The molecule has 3 rings (SSSR count). The van der Waals surface area contributed by atoms with Gasteiger partial charge in [0.15, 0.2) is 11.6 Å². The minimum Gasteiger partial charge on any atom is -0.478 e. The molecule has 0 atom stereocenters. The number of carboxylic acids is 1. The van der Waals surface area contributed by atoms with E-state index in [0.29, 0.717) is 17.1 Å². The van der Waals surface area contributed by atoms with Crippen LogP contribution in [0.4, 0.5) is 14.5 Å². The minimum absolute atomic E-state index is 0.0234. The summed E-state index contributed by atoms with van der Waals surface area (Å²) >= 11 is 0. The number of rotatable bonds is 8. The summed E-state index contributed by atoms with van der Waals surface area (Å²) < 4.78 is 55.3. The van der Waals surface area contributed by atoms with Crippen LogP contribution in [0.5, 0.6) is 0 Å². The third-order valence-corrected chi connectivity index (χ3v) is 5.76. The van der Waals surface area contributed by atoms with E-state index in [1.807, 2.05) is 4.72 Å². The van der Waals surface area contributed by atoms with Gasteiger partial charge in [-0.1, -0.05) is 6.92 Å². The number of aromatic amines is 1. The highest BCUT2D eigenvalue weighted by Crippen LogP contribution is 2.29. The van der Waals surface area contributed by atoms with Crippen LogP contribution in [-0.4, -0.2) is 41.0 Å². The molecule has 0 aliphatic heterocycles. The van der Waals surface area contributed by atoms with E-state index in [1.54, 1.807) is 19.2 Å². The van der Waals surface area contributed by atoms with Gasteiger partial charge >= 0.3 is 5.97 Å². The molecule has 2 heterocycles. The van der Waals surface area contributed by atoms with Gasteiger partial charge in [0.25, 0.3) is 0 Å². The fraction of sp³-hybridized carbons (Fsp3) is 0.150. The Morgan fingerprint density at radius 2 is 2.00 bits per heavy atom. The van der Waals surface area contributed by atoms with Crippen LogP contribution in [0.2, 0.25) is 0 Å². The van der Waals surface area contributed by atoms with E-state index in [1.165, 1.54) is 12.3 Å². The van der Waals surface area contributed by atoms with Crippen LogP contribution in [0.3, 0.4) is 0 Å². The SMILES string of the molecule is CCCS(=O)(=O)Nc1ccc(F)c(C(=O)/C(=C/C(=O)O)c2cnc3[nH]ccc3c2)c1F. The summed E-state index contributed by atoms with van der Waals surface area (Å²) in [7, 11) is -3.92. The highest BCUT2D eigenvalue weighted by Gasteiger charge is 2.26. The van der Waals surface area contributed by atoms with Crippen molar-refractivity contribution in [3.8, 4) is 0 Å². The second-order valence-electron chi connectivity index (χ2n) is 6.57. The van der Waals surface area contributed by atoms with Crippen LogP contribution in [0.25, 0.3) is 16.6 Å². The van der Waals surface area contributed by atoms with Crippen molar-refractivity contribution in [2.24, 2.45) is 0 Å². The van der Waals surface area contributed by atoms with Crippen LogP contribution < -0.4 is 4.72 Å². The molecule has 0 bridgehead atoms. The van der Waals surface area contributed by atoms with Crippen molar-refractivity contribution in [1.29, 1.82) is 0 Å². The van der Waals surface area contributed by atoms with Gasteiger partial charge in [0.2, 0.25) is 10.0 Å². The number of halogens is 2. The third-order valence-electron chi connectivity index (χ3n) is 4.28. The van der Waals surface area contributed by atoms with Crippen molar-refractivity contribution in [3.05, 3.63) is 65.5 Å². The number of carbonyl (C=O) groups excluding carboxylic acids is 1. The molecule has 2 aromatic heterocycles. The van der Waals surface area contributed by atoms with Gasteiger partial charge in [-0.05, 0) is 30.7 Å². The quantitative estimate of drug-likeness (QED) is 0.357. The number of ketones is 1. The van der Waals surface area contributed by atoms with Crippen molar-refractivity contribution >= 4 is 44.1 Å². The van der Waals surface area contributed by atoms with Crippen molar-refractivity contribution in [2.75, 3.05) is 10.5 Å². The summed E-state index contributed by atoms with van der Waals surface area (Å²) in [6.07, 6.45) is 3.54. The normalized spacial score (nSPS) is 12.2. The molecular formula is C20H17F2N3O5S. The summed E-state index contributed by atoms with van der Waals surface area (Å²) in [6, 6.07) is 4.64. The van der Waals surface area contributed by atoms with E-state index < -0.39 is 50.2 Å². The lowest BCUT2D eigenvalue weighted by atomic mass is 9.96. The van der Waals surface area contributed by atoms with Crippen molar-refractivity contribution in [2.45, 2.75) is 13.3 Å². The standard InChI is InChI=1S/C20H17F2N3O5S/c1-2-7-31(29,30)25-15-4-3-14(21)17(18(15)22)19(28)13(9-16(26)27)12-8-11-5-6-23-20(11)24-10-12/h3-6,8-10,25H,2,7H2,1H3,(H,23,24)(H,26,27)/b13-9+. The number of hydrogen-bond acceptors (Lipinski definition) is 5. The molecule has 0 radical (unpaired) electrons. The summed E-state index contributed by atoms with van der Waals surface area (Å²) in [5.74, 6) is -5.81. The number of Topliss-reactive ketones (excluding diaryl/α,β-unsaturated/α-hetero) is 1. The van der Waals surface area contributed by atoms with Gasteiger partial charge in [0.05, 0.1) is 17.0 Å². The number of aliphatic carboxylic acids is 1. The van der Waals surface area contributed by atoms with Gasteiger partial charge in [0.1, 0.15) is 11.5 Å². The Balaban J connectivity index is 2.11. The highest BCUT2D eigenvalue weighted by atomic mass is 32.2. The van der Waals surface area contributed by atoms with Crippen molar-refractivity contribution in [3.63, 3.8) is 0 Å². The summed E-state index contributed by atoms with van der Waals surface area (Å²) in [4.78, 5) is 31.2. The molecule has 0 aliphatic rings. The Kier molecular flexibility index (Phi) is 6.16. The van der Waals surface area contributed by atoms with Gasteiger partial charge in [-0.25, -0.2) is 27.0 Å². The monoisotopic (exact) mass is 449 g/mol. The largest absolute Gasteiger partial charge is 0.478 e. The van der Waals surface area contributed by atoms with Gasteiger partial charge in [-0.3, -0.25) is 9.52 Å². The maximum atomic E-state index is 15.0. The van der Waals surface area contributed by atoms with Crippen molar-refractivity contribution < 1.29 is 31.9 Å². The van der Waals surface area contributed by atoms with E-state index in [4.69, 9.17) is 0 Å². The number of aromatic nitrogens is 2. The van der Waals surface area contributed by atoms with Gasteiger partial charge in [-0.15, -0.1) is 0 Å². The molecule has 0 saturated heterocycles. The summed E-state index contributed by atoms with van der Waals surface area (Å²) in [5.41, 5.74) is -1.73. The maximum absolute atomic E-state index is 15.0. The lowest BCUT2D eigenvalue weighted by molar-refractivity contribution is -0.131. The second kappa shape index (κ2) is 8.64. The highest BCUT2D eigenvalue weighted by molar-refractivity contribution is 7.92. The van der Waals surface area contributed by atoms with Gasteiger partial charge in [0, 0.05) is 35.0 Å². The molecule has 162 valence electrons. The number of hydrogen-bond donors (Lipinski definition) is 3. The van der Waals surface area contributed by atoms with Crippen molar-refractivity contribution in [1.82, 2.24) is 9.97 Å². The minimum atomic E-state index is -3.92. The van der Waals surface area contributed by atoms with Crippen LogP contribution in [-0.2, 0) is 14.8 Å². The zero-order valence-corrected chi connectivity index (χ0v) is 17.0. The smallest absolute Gasteiger partial charge is 0.329 e. The lowest BCUT2D eigenvalue weighted by Crippen LogP contribution is -2.19.